The second-order valence-corrected chi connectivity index (χ2v) is 6.74. The van der Waals surface area contributed by atoms with Gasteiger partial charge in [-0.25, -0.2) is 0 Å². The number of hydrogen-bond donors (Lipinski definition) is 1. The lowest BCUT2D eigenvalue weighted by atomic mass is 10.1. The SMILES string of the molecule is C=C(O)c1ccc(Cl)c(C(=O)n2ccc3cc(C(F)(F)F)cc(C)c32)c1Cl. The monoisotopic (exact) mass is 413 g/mol. The molecule has 0 amide bonds. The quantitative estimate of drug-likeness (QED) is 0.487. The van der Waals surface area contributed by atoms with Crippen LogP contribution < -0.4 is 0 Å². The largest absolute Gasteiger partial charge is 0.508 e. The molecule has 1 heterocycles. The summed E-state index contributed by atoms with van der Waals surface area (Å²) < 4.78 is 40.2. The van der Waals surface area contributed by atoms with Crippen molar-refractivity contribution in [2.45, 2.75) is 13.1 Å². The maximum absolute atomic E-state index is 13.0. The Hall–Kier alpha value is -2.44. The highest BCUT2D eigenvalue weighted by Crippen LogP contribution is 2.35. The molecule has 0 fully saturated rings. The first-order valence-corrected chi connectivity index (χ1v) is 8.37. The number of aromatic nitrogens is 1. The Labute approximate surface area is 162 Å². The fourth-order valence-corrected chi connectivity index (χ4v) is 3.56. The predicted molar refractivity (Wildman–Crippen MR) is 99.5 cm³/mol. The Morgan fingerprint density at radius 3 is 2.44 bits per heavy atom. The molecule has 27 heavy (non-hydrogen) atoms. The van der Waals surface area contributed by atoms with Crippen LogP contribution in [0.4, 0.5) is 13.2 Å². The average Bonchev–Trinajstić information content (AvgIpc) is 2.98. The number of alkyl halides is 3. The van der Waals surface area contributed by atoms with Gasteiger partial charge in [0.1, 0.15) is 5.76 Å². The van der Waals surface area contributed by atoms with Gasteiger partial charge < -0.3 is 5.11 Å². The van der Waals surface area contributed by atoms with Gasteiger partial charge in [-0.2, -0.15) is 13.2 Å². The molecule has 3 aromatic rings. The highest BCUT2D eigenvalue weighted by atomic mass is 35.5. The smallest absolute Gasteiger partial charge is 0.416 e. The molecule has 1 aromatic heterocycles. The number of benzene rings is 2. The standard InChI is InChI=1S/C19H12Cl2F3NO2/c1-9-7-12(19(22,23)24)8-11-5-6-25(17(9)11)18(27)15-14(20)4-3-13(10(2)26)16(15)21/h3-8,26H,2H2,1H3. The van der Waals surface area contributed by atoms with Crippen LogP contribution in [0.15, 0.2) is 43.1 Å². The minimum absolute atomic E-state index is 0.0430. The molecule has 0 aliphatic rings. The van der Waals surface area contributed by atoms with E-state index in [0.717, 1.165) is 12.1 Å². The van der Waals surface area contributed by atoms with Gasteiger partial charge in [-0.3, -0.25) is 9.36 Å². The van der Waals surface area contributed by atoms with Gasteiger partial charge in [0.25, 0.3) is 5.91 Å². The lowest BCUT2D eigenvalue weighted by molar-refractivity contribution is -0.137. The molecule has 0 saturated heterocycles. The van der Waals surface area contributed by atoms with Gasteiger partial charge in [0.2, 0.25) is 0 Å². The summed E-state index contributed by atoms with van der Waals surface area (Å²) >= 11 is 12.3. The number of aryl methyl sites for hydroxylation is 1. The summed E-state index contributed by atoms with van der Waals surface area (Å²) in [6.07, 6.45) is -3.14. The first-order chi connectivity index (χ1) is 12.5. The minimum Gasteiger partial charge on any atom is -0.508 e. The topological polar surface area (TPSA) is 42.2 Å². The fourth-order valence-electron chi connectivity index (χ4n) is 2.92. The number of carbonyl (C=O) groups is 1. The zero-order valence-corrected chi connectivity index (χ0v) is 15.4. The van der Waals surface area contributed by atoms with Crippen LogP contribution in [0.25, 0.3) is 16.7 Å². The van der Waals surface area contributed by atoms with E-state index in [-0.39, 0.29) is 37.9 Å². The number of hydrogen-bond acceptors (Lipinski definition) is 2. The zero-order chi connectivity index (χ0) is 20.1. The van der Waals surface area contributed by atoms with Crippen molar-refractivity contribution in [3.63, 3.8) is 0 Å². The van der Waals surface area contributed by atoms with Crippen molar-refractivity contribution in [2.24, 2.45) is 0 Å². The Morgan fingerprint density at radius 1 is 1.19 bits per heavy atom. The minimum atomic E-state index is -4.49. The molecule has 0 aliphatic carbocycles. The highest BCUT2D eigenvalue weighted by Gasteiger charge is 2.32. The maximum atomic E-state index is 13.0. The number of aliphatic hydroxyl groups excluding tert-OH is 1. The van der Waals surface area contributed by atoms with Crippen molar-refractivity contribution in [3.8, 4) is 0 Å². The van der Waals surface area contributed by atoms with Crippen molar-refractivity contribution in [2.75, 3.05) is 0 Å². The van der Waals surface area contributed by atoms with E-state index in [0.29, 0.717) is 5.52 Å². The van der Waals surface area contributed by atoms with E-state index in [4.69, 9.17) is 23.2 Å². The molecule has 0 unspecified atom stereocenters. The van der Waals surface area contributed by atoms with Crippen molar-refractivity contribution in [3.05, 3.63) is 75.4 Å². The zero-order valence-electron chi connectivity index (χ0n) is 13.9. The van der Waals surface area contributed by atoms with Gasteiger partial charge in [-0.05, 0) is 42.8 Å². The third kappa shape index (κ3) is 3.31. The molecule has 140 valence electrons. The van der Waals surface area contributed by atoms with Crippen LogP contribution in [0.5, 0.6) is 0 Å². The number of nitrogens with zero attached hydrogens (tertiary/aromatic N) is 1. The summed E-state index contributed by atoms with van der Waals surface area (Å²) in [5.41, 5.74) is -0.159. The van der Waals surface area contributed by atoms with E-state index in [1.54, 1.807) is 0 Å². The number of aliphatic hydroxyl groups is 1. The van der Waals surface area contributed by atoms with E-state index in [9.17, 15) is 23.1 Å². The molecular formula is C19H12Cl2F3NO2. The van der Waals surface area contributed by atoms with Gasteiger partial charge in [-0.15, -0.1) is 0 Å². The molecule has 0 radical (unpaired) electrons. The number of fused-ring (bicyclic) bond motifs is 1. The highest BCUT2D eigenvalue weighted by molar-refractivity contribution is 6.41. The molecule has 0 saturated carbocycles. The average molecular weight is 414 g/mol. The molecular weight excluding hydrogens is 402 g/mol. The van der Waals surface area contributed by atoms with Crippen molar-refractivity contribution in [1.82, 2.24) is 4.57 Å². The Balaban J connectivity index is 2.21. The lowest BCUT2D eigenvalue weighted by Crippen LogP contribution is -2.14. The number of halogens is 5. The summed E-state index contributed by atoms with van der Waals surface area (Å²) in [5.74, 6) is -0.972. The van der Waals surface area contributed by atoms with Gasteiger partial charge in [-0.1, -0.05) is 29.8 Å². The van der Waals surface area contributed by atoms with Crippen LogP contribution in [-0.4, -0.2) is 15.6 Å². The maximum Gasteiger partial charge on any atom is 0.416 e. The molecule has 3 rings (SSSR count). The molecule has 0 bridgehead atoms. The van der Waals surface area contributed by atoms with Gasteiger partial charge >= 0.3 is 6.18 Å². The van der Waals surface area contributed by atoms with Crippen LogP contribution in [0.1, 0.15) is 27.0 Å². The first-order valence-electron chi connectivity index (χ1n) is 7.62. The molecule has 0 atom stereocenters. The van der Waals surface area contributed by atoms with Crippen LogP contribution in [-0.2, 0) is 6.18 Å². The molecule has 0 spiro atoms. The Bertz CT molecular complexity index is 1100. The summed E-state index contributed by atoms with van der Waals surface area (Å²) in [4.78, 5) is 13.0. The second-order valence-electron chi connectivity index (χ2n) is 5.95. The van der Waals surface area contributed by atoms with E-state index < -0.39 is 17.6 Å². The van der Waals surface area contributed by atoms with Crippen molar-refractivity contribution < 1.29 is 23.1 Å². The van der Waals surface area contributed by atoms with Gasteiger partial charge in [0, 0.05) is 17.1 Å². The van der Waals surface area contributed by atoms with Crippen molar-refractivity contribution in [1.29, 1.82) is 0 Å². The molecule has 0 aliphatic heterocycles. The normalized spacial score (nSPS) is 11.8. The lowest BCUT2D eigenvalue weighted by Gasteiger charge is -2.13. The van der Waals surface area contributed by atoms with Crippen LogP contribution in [0, 0.1) is 6.92 Å². The van der Waals surface area contributed by atoms with Gasteiger partial charge in [0.15, 0.2) is 0 Å². The Kier molecular flexibility index (Phi) is 4.74. The van der Waals surface area contributed by atoms with Crippen LogP contribution in [0.3, 0.4) is 0 Å². The van der Waals surface area contributed by atoms with Crippen LogP contribution in [0.2, 0.25) is 10.0 Å². The number of rotatable bonds is 2. The van der Waals surface area contributed by atoms with E-state index in [1.807, 2.05) is 0 Å². The second kappa shape index (κ2) is 6.62. The van der Waals surface area contributed by atoms with Gasteiger partial charge in [0.05, 0.1) is 26.7 Å². The Morgan fingerprint density at radius 2 is 1.85 bits per heavy atom. The number of carbonyl (C=O) groups excluding carboxylic acids is 1. The van der Waals surface area contributed by atoms with E-state index >= 15 is 0 Å². The van der Waals surface area contributed by atoms with Crippen LogP contribution >= 0.6 is 23.2 Å². The fraction of sp³-hybridized carbons (Fsp3) is 0.105. The molecule has 2 aromatic carbocycles. The predicted octanol–water partition coefficient (Wildman–Crippen LogP) is 6.49. The van der Waals surface area contributed by atoms with E-state index in [2.05, 4.69) is 6.58 Å². The molecule has 1 N–H and O–H groups in total. The summed E-state index contributed by atoms with van der Waals surface area (Å²) in [6, 6.07) is 6.16. The summed E-state index contributed by atoms with van der Waals surface area (Å²) in [6.45, 7) is 4.86. The first kappa shape index (κ1) is 19.3. The summed E-state index contributed by atoms with van der Waals surface area (Å²) in [7, 11) is 0. The van der Waals surface area contributed by atoms with Crippen molar-refractivity contribution >= 4 is 45.8 Å². The third-order valence-electron chi connectivity index (χ3n) is 4.14. The molecule has 8 heteroatoms. The molecule has 3 nitrogen and oxygen atoms in total. The van der Waals surface area contributed by atoms with E-state index in [1.165, 1.54) is 35.9 Å². The third-order valence-corrected chi connectivity index (χ3v) is 4.84. The summed E-state index contributed by atoms with van der Waals surface area (Å²) in [5, 5.41) is 9.82.